The lowest BCUT2D eigenvalue weighted by Crippen LogP contribution is -2.36. The molecule has 3 aromatic rings. The Bertz CT molecular complexity index is 1110. The minimum atomic E-state index is -0.336. The van der Waals surface area contributed by atoms with Gasteiger partial charge in [0.1, 0.15) is 17.4 Å². The Kier molecular flexibility index (Phi) is 5.25. The molecule has 3 heterocycles. The van der Waals surface area contributed by atoms with E-state index in [0.717, 1.165) is 16.0 Å². The average molecular weight is 429 g/mol. The molecule has 1 aliphatic heterocycles. The summed E-state index contributed by atoms with van der Waals surface area (Å²) in [6, 6.07) is 10.7. The monoisotopic (exact) mass is 428 g/mol. The normalized spacial score (nSPS) is 14.9. The van der Waals surface area contributed by atoms with E-state index in [2.05, 4.69) is 5.32 Å². The van der Waals surface area contributed by atoms with E-state index >= 15 is 0 Å². The van der Waals surface area contributed by atoms with Gasteiger partial charge in [-0.15, -0.1) is 11.3 Å². The van der Waals surface area contributed by atoms with Crippen molar-refractivity contribution < 1.29 is 19.1 Å². The molecule has 0 aliphatic carbocycles. The lowest BCUT2D eigenvalue weighted by Gasteiger charge is -2.12. The second kappa shape index (κ2) is 7.85. The lowest BCUT2D eigenvalue weighted by atomic mass is 10.1. The average Bonchev–Trinajstić information content (AvgIpc) is 3.33. The quantitative estimate of drug-likeness (QED) is 0.382. The molecule has 1 N–H and O–H groups in total. The van der Waals surface area contributed by atoms with Gasteiger partial charge in [-0.3, -0.25) is 9.59 Å². The molecular weight excluding hydrogens is 412 g/mol. The highest BCUT2D eigenvalue weighted by Crippen LogP contribution is 2.41. The van der Waals surface area contributed by atoms with Gasteiger partial charge in [0.05, 0.1) is 16.4 Å². The number of nitrogens with one attached hydrogen (secondary N) is 1. The number of carbonyl (C=O) groups excluding carboxylic acids is 2. The fourth-order valence-corrected chi connectivity index (χ4v) is 4.40. The maximum atomic E-state index is 12.2. The minimum Gasteiger partial charge on any atom is -0.619 e. The number of pyridine rings is 1. The molecule has 6 nitrogen and oxygen atoms in total. The first-order valence-electron chi connectivity index (χ1n) is 8.98. The van der Waals surface area contributed by atoms with E-state index < -0.39 is 0 Å². The molecule has 0 bridgehead atoms. The number of aromatic nitrogens is 1. The number of halogens is 1. The van der Waals surface area contributed by atoms with Crippen LogP contribution in [0.15, 0.2) is 48.8 Å². The van der Waals surface area contributed by atoms with E-state index in [-0.39, 0.29) is 23.4 Å². The number of carbonyl (C=O) groups is 2. The number of hydrogen-bond acceptors (Lipinski definition) is 5. The molecule has 0 spiro atoms. The number of hydrogen-bond donors (Lipinski definition) is 1. The van der Waals surface area contributed by atoms with Crippen molar-refractivity contribution in [2.24, 2.45) is 0 Å². The van der Waals surface area contributed by atoms with E-state index in [0.29, 0.717) is 33.3 Å². The van der Waals surface area contributed by atoms with Gasteiger partial charge >= 0.3 is 0 Å². The fourth-order valence-electron chi connectivity index (χ4n) is 3.22. The van der Waals surface area contributed by atoms with Crippen molar-refractivity contribution in [1.29, 1.82) is 0 Å². The van der Waals surface area contributed by atoms with Gasteiger partial charge in [0.15, 0.2) is 18.2 Å². The van der Waals surface area contributed by atoms with Crippen LogP contribution in [0.3, 0.4) is 0 Å². The van der Waals surface area contributed by atoms with E-state index in [1.54, 1.807) is 13.0 Å². The smallest absolute Gasteiger partial charge is 0.257 e. The summed E-state index contributed by atoms with van der Waals surface area (Å²) in [4.78, 5) is 25.4. The van der Waals surface area contributed by atoms with E-state index in [4.69, 9.17) is 16.3 Å². The third-order valence-electron chi connectivity index (χ3n) is 4.62. The van der Waals surface area contributed by atoms with Crippen LogP contribution in [0.2, 0.25) is 5.02 Å². The number of fused-ring (bicyclic) bond motifs is 1. The molecule has 0 radical (unpaired) electrons. The number of nitrogens with zero attached hydrogens (tertiary/aromatic N) is 1. The number of amides is 1. The summed E-state index contributed by atoms with van der Waals surface area (Å²) in [6.45, 7) is 1.84. The van der Waals surface area contributed by atoms with Crippen LogP contribution in [0, 0.1) is 5.21 Å². The Labute approximate surface area is 176 Å². The van der Waals surface area contributed by atoms with Gasteiger partial charge in [-0.25, -0.2) is 0 Å². The standard InChI is InChI=1S/C21H17ClN2O4S/c1-12(25)18-4-5-19(29-18)14-7-15-8-16(28-20(15)17(22)9-14)10-23-21(26)13-3-2-6-24(27)11-13/h2-7,9,11,16H,8,10H2,1H3,(H,23,26)/t16-/m0/s1. The summed E-state index contributed by atoms with van der Waals surface area (Å²) in [7, 11) is 0. The van der Waals surface area contributed by atoms with Gasteiger partial charge < -0.3 is 15.3 Å². The Morgan fingerprint density at radius 3 is 2.90 bits per heavy atom. The SMILES string of the molecule is CC(=O)c1ccc(-c2cc(Cl)c3c(c2)C[C@@H](CNC(=O)c2ccc[n+]([O-])c2)O3)s1. The summed E-state index contributed by atoms with van der Waals surface area (Å²) >= 11 is 7.85. The van der Waals surface area contributed by atoms with Gasteiger partial charge in [0.25, 0.3) is 5.91 Å². The number of ether oxygens (including phenoxy) is 1. The fraction of sp³-hybridized carbons (Fsp3) is 0.190. The van der Waals surface area contributed by atoms with Gasteiger partial charge in [-0.2, -0.15) is 4.73 Å². The minimum absolute atomic E-state index is 0.0357. The third-order valence-corrected chi connectivity index (χ3v) is 6.13. The molecule has 1 amide bonds. The van der Waals surface area contributed by atoms with Crippen LogP contribution in [-0.2, 0) is 6.42 Å². The van der Waals surface area contributed by atoms with Crippen LogP contribution in [-0.4, -0.2) is 24.3 Å². The largest absolute Gasteiger partial charge is 0.619 e. The predicted octanol–water partition coefficient (Wildman–Crippen LogP) is 3.64. The van der Waals surface area contributed by atoms with Crippen molar-refractivity contribution in [3.63, 3.8) is 0 Å². The molecule has 8 heteroatoms. The van der Waals surface area contributed by atoms with Crippen molar-refractivity contribution in [3.8, 4) is 16.2 Å². The molecule has 29 heavy (non-hydrogen) atoms. The molecular formula is C21H17ClN2O4S. The van der Waals surface area contributed by atoms with Crippen LogP contribution in [0.25, 0.3) is 10.4 Å². The lowest BCUT2D eigenvalue weighted by molar-refractivity contribution is -0.605. The second-order valence-corrected chi connectivity index (χ2v) is 8.26. The van der Waals surface area contributed by atoms with Crippen LogP contribution >= 0.6 is 22.9 Å². The topological polar surface area (TPSA) is 82.3 Å². The maximum absolute atomic E-state index is 12.2. The molecule has 1 atom stereocenters. The Morgan fingerprint density at radius 2 is 2.17 bits per heavy atom. The molecule has 0 saturated heterocycles. The molecule has 0 unspecified atom stereocenters. The number of rotatable bonds is 5. The molecule has 1 aromatic carbocycles. The zero-order valence-corrected chi connectivity index (χ0v) is 17.0. The molecule has 1 aliphatic rings. The number of ketones is 1. The summed E-state index contributed by atoms with van der Waals surface area (Å²) < 4.78 is 6.50. The van der Waals surface area contributed by atoms with Gasteiger partial charge in [0, 0.05) is 22.9 Å². The van der Waals surface area contributed by atoms with E-state index in [9.17, 15) is 14.8 Å². The first-order valence-corrected chi connectivity index (χ1v) is 10.2. The zero-order chi connectivity index (χ0) is 20.5. The van der Waals surface area contributed by atoms with Gasteiger partial charge in [-0.1, -0.05) is 11.6 Å². The zero-order valence-electron chi connectivity index (χ0n) is 15.5. The van der Waals surface area contributed by atoms with Gasteiger partial charge in [0.2, 0.25) is 0 Å². The van der Waals surface area contributed by atoms with Crippen molar-refractivity contribution >= 4 is 34.6 Å². The van der Waals surface area contributed by atoms with Crippen molar-refractivity contribution in [2.45, 2.75) is 19.4 Å². The first kappa shape index (κ1) is 19.4. The van der Waals surface area contributed by atoms with E-state index in [1.807, 2.05) is 24.3 Å². The van der Waals surface area contributed by atoms with Crippen molar-refractivity contribution in [1.82, 2.24) is 5.32 Å². The highest BCUT2D eigenvalue weighted by atomic mass is 35.5. The summed E-state index contributed by atoms with van der Waals surface area (Å²) in [5.41, 5.74) is 2.18. The van der Waals surface area contributed by atoms with Crippen LogP contribution in [0.1, 0.15) is 32.5 Å². The molecule has 0 saturated carbocycles. The number of Topliss-reactive ketones (excluding diaryl/α,β-unsaturated/α-hetero) is 1. The number of benzene rings is 1. The summed E-state index contributed by atoms with van der Waals surface area (Å²) in [6.07, 6.45) is 2.89. The second-order valence-electron chi connectivity index (χ2n) is 6.77. The number of thiophene rings is 1. The Balaban J connectivity index is 1.45. The maximum Gasteiger partial charge on any atom is 0.257 e. The Morgan fingerprint density at radius 1 is 1.34 bits per heavy atom. The van der Waals surface area contributed by atoms with Crippen LogP contribution in [0.5, 0.6) is 5.75 Å². The van der Waals surface area contributed by atoms with Crippen LogP contribution < -0.4 is 14.8 Å². The highest BCUT2D eigenvalue weighted by Gasteiger charge is 2.27. The Hall–Kier alpha value is -2.90. The molecule has 2 aromatic heterocycles. The van der Waals surface area contributed by atoms with E-state index in [1.165, 1.54) is 29.8 Å². The highest BCUT2D eigenvalue weighted by molar-refractivity contribution is 7.17. The summed E-state index contributed by atoms with van der Waals surface area (Å²) in [5.74, 6) is 0.320. The molecule has 4 rings (SSSR count). The van der Waals surface area contributed by atoms with Crippen molar-refractivity contribution in [3.05, 3.63) is 75.0 Å². The third kappa shape index (κ3) is 4.11. The molecule has 0 fully saturated rings. The van der Waals surface area contributed by atoms with Gasteiger partial charge in [-0.05, 0) is 42.8 Å². The van der Waals surface area contributed by atoms with Crippen LogP contribution in [0.4, 0.5) is 0 Å². The predicted molar refractivity (Wildman–Crippen MR) is 111 cm³/mol. The first-order chi connectivity index (χ1) is 13.9. The summed E-state index contributed by atoms with van der Waals surface area (Å²) in [5, 5.41) is 14.6. The molecule has 148 valence electrons. The van der Waals surface area contributed by atoms with Crippen molar-refractivity contribution in [2.75, 3.05) is 6.54 Å².